The van der Waals surface area contributed by atoms with Crippen LogP contribution >= 0.6 is 0 Å². The van der Waals surface area contributed by atoms with Crippen molar-refractivity contribution in [2.75, 3.05) is 0 Å². The Hall–Kier alpha value is -0.237. The molecule has 0 fully saturated rings. The molecule has 0 amide bonds. The van der Waals surface area contributed by atoms with Gasteiger partial charge in [-0.15, -0.1) is 0 Å². The fraction of sp³-hybridized carbons (Fsp3) is 0.333. The van der Waals surface area contributed by atoms with Crippen LogP contribution in [0.15, 0.2) is 30.3 Å². The first-order valence-electron chi connectivity index (χ1n) is 3.66. The molecule has 0 bridgehead atoms. The van der Waals surface area contributed by atoms with Gasteiger partial charge in [0.15, 0.2) is 0 Å². The van der Waals surface area contributed by atoms with Gasteiger partial charge in [-0.3, -0.25) is 0 Å². The van der Waals surface area contributed by atoms with Gasteiger partial charge in [0, 0.05) is 0 Å². The molecule has 0 nitrogen and oxygen atoms in total. The molecule has 54 valence electrons. The van der Waals surface area contributed by atoms with Gasteiger partial charge in [-0.1, -0.05) is 0 Å². The second-order valence-corrected chi connectivity index (χ2v) is 14.3. The molecular weight excluding hydrogens is 181 g/mol. The Morgan fingerprint density at radius 2 is 1.40 bits per heavy atom. The van der Waals surface area contributed by atoms with E-state index in [0.717, 1.165) is 0 Å². The number of hydrogen-bond acceptors (Lipinski definition) is 0. The van der Waals surface area contributed by atoms with Crippen LogP contribution in [0.5, 0.6) is 0 Å². The van der Waals surface area contributed by atoms with Crippen LogP contribution in [0.4, 0.5) is 0 Å². The molecule has 1 heteroatoms. The van der Waals surface area contributed by atoms with Crippen LogP contribution in [0.2, 0.25) is 17.3 Å². The Labute approximate surface area is 65.6 Å². The van der Waals surface area contributed by atoms with Crippen molar-refractivity contribution >= 4 is 17.7 Å². The molecule has 0 atom stereocenters. The molecule has 0 aliphatic heterocycles. The van der Waals surface area contributed by atoms with E-state index in [0.29, 0.717) is 0 Å². The Morgan fingerprint density at radius 3 is 1.70 bits per heavy atom. The molecular formula is C9H14Ge. The summed E-state index contributed by atoms with van der Waals surface area (Å²) in [5.41, 5.74) is 0. The molecule has 1 aromatic rings. The maximum atomic E-state index is 2.41. The second kappa shape index (κ2) is 2.79. The van der Waals surface area contributed by atoms with Crippen molar-refractivity contribution in [1.29, 1.82) is 0 Å². The summed E-state index contributed by atoms with van der Waals surface area (Å²) in [5.74, 6) is 7.24. The van der Waals surface area contributed by atoms with Crippen LogP contribution in [0.3, 0.4) is 0 Å². The van der Waals surface area contributed by atoms with Crippen molar-refractivity contribution in [2.45, 2.75) is 17.3 Å². The Bertz CT molecular complexity index is 196. The standard InChI is InChI=1S/C9H14Ge/c1-10(2,3)9-7-5-4-6-8-9/h4-8H,1-3H3. The molecule has 0 N–H and O–H groups in total. The third-order valence-corrected chi connectivity index (χ3v) is 5.97. The van der Waals surface area contributed by atoms with E-state index in [-0.39, 0.29) is 0 Å². The zero-order valence-corrected chi connectivity index (χ0v) is 8.98. The third kappa shape index (κ3) is 1.87. The molecule has 1 rings (SSSR count). The molecule has 0 aliphatic rings. The number of rotatable bonds is 1. The summed E-state index contributed by atoms with van der Waals surface area (Å²) in [5, 5.41) is 0. The molecule has 0 heterocycles. The first kappa shape index (κ1) is 7.87. The predicted molar refractivity (Wildman–Crippen MR) is 49.4 cm³/mol. The minimum atomic E-state index is -1.50. The van der Waals surface area contributed by atoms with Gasteiger partial charge in [-0.05, 0) is 0 Å². The normalized spacial score (nSPS) is 11.5. The fourth-order valence-corrected chi connectivity index (χ4v) is 3.44. The van der Waals surface area contributed by atoms with E-state index in [9.17, 15) is 0 Å². The van der Waals surface area contributed by atoms with Gasteiger partial charge in [0.05, 0.1) is 0 Å². The quantitative estimate of drug-likeness (QED) is 0.602. The Kier molecular flexibility index (Phi) is 2.19. The molecule has 10 heavy (non-hydrogen) atoms. The van der Waals surface area contributed by atoms with Gasteiger partial charge in [-0.25, -0.2) is 0 Å². The Balaban J connectivity index is 2.97. The van der Waals surface area contributed by atoms with Gasteiger partial charge in [0.1, 0.15) is 0 Å². The molecule has 0 aliphatic carbocycles. The summed E-state index contributed by atoms with van der Waals surface area (Å²) < 4.78 is 1.59. The van der Waals surface area contributed by atoms with Crippen molar-refractivity contribution in [3.8, 4) is 0 Å². The van der Waals surface area contributed by atoms with Crippen LogP contribution in [0.1, 0.15) is 0 Å². The van der Waals surface area contributed by atoms with Crippen molar-refractivity contribution in [1.82, 2.24) is 0 Å². The van der Waals surface area contributed by atoms with Crippen LogP contribution < -0.4 is 4.40 Å². The molecule has 1 aromatic carbocycles. The molecule has 0 spiro atoms. The SMILES string of the molecule is [CH3][Ge]([CH3])([CH3])[c]1ccccc1. The molecule has 0 unspecified atom stereocenters. The number of benzene rings is 1. The summed E-state index contributed by atoms with van der Waals surface area (Å²) in [6, 6.07) is 10.8. The van der Waals surface area contributed by atoms with E-state index in [1.165, 1.54) is 0 Å². The summed E-state index contributed by atoms with van der Waals surface area (Å²) in [4.78, 5) is 0. The van der Waals surface area contributed by atoms with Crippen LogP contribution in [-0.4, -0.2) is 13.3 Å². The van der Waals surface area contributed by atoms with Crippen LogP contribution in [0.25, 0.3) is 0 Å². The van der Waals surface area contributed by atoms with Crippen molar-refractivity contribution in [2.24, 2.45) is 0 Å². The summed E-state index contributed by atoms with van der Waals surface area (Å²) >= 11 is -1.50. The zero-order chi connectivity index (χ0) is 7.61. The van der Waals surface area contributed by atoms with E-state index in [2.05, 4.69) is 47.6 Å². The van der Waals surface area contributed by atoms with Crippen molar-refractivity contribution in [3.05, 3.63) is 30.3 Å². The van der Waals surface area contributed by atoms with Crippen LogP contribution in [-0.2, 0) is 0 Å². The number of hydrogen-bond donors (Lipinski definition) is 0. The Morgan fingerprint density at radius 1 is 0.900 bits per heavy atom. The molecule has 0 radical (unpaired) electrons. The fourth-order valence-electron chi connectivity index (χ4n) is 0.938. The van der Waals surface area contributed by atoms with E-state index in [4.69, 9.17) is 0 Å². The van der Waals surface area contributed by atoms with E-state index in [1.807, 2.05) is 0 Å². The van der Waals surface area contributed by atoms with E-state index >= 15 is 0 Å². The van der Waals surface area contributed by atoms with Crippen molar-refractivity contribution in [3.63, 3.8) is 0 Å². The first-order valence-corrected chi connectivity index (χ1v) is 11.0. The summed E-state index contributed by atoms with van der Waals surface area (Å²) in [6.45, 7) is 0. The van der Waals surface area contributed by atoms with Gasteiger partial charge in [-0.2, -0.15) is 0 Å². The summed E-state index contributed by atoms with van der Waals surface area (Å²) in [7, 11) is 0. The monoisotopic (exact) mass is 196 g/mol. The van der Waals surface area contributed by atoms with Crippen molar-refractivity contribution < 1.29 is 0 Å². The minimum absolute atomic E-state index is 1.50. The predicted octanol–water partition coefficient (Wildman–Crippen LogP) is 2.23. The van der Waals surface area contributed by atoms with E-state index < -0.39 is 13.3 Å². The van der Waals surface area contributed by atoms with Gasteiger partial charge >= 0.3 is 65.3 Å². The van der Waals surface area contributed by atoms with E-state index in [1.54, 1.807) is 4.40 Å². The van der Waals surface area contributed by atoms with Gasteiger partial charge in [0.25, 0.3) is 0 Å². The maximum absolute atomic E-state index is 2.41. The second-order valence-electron chi connectivity index (χ2n) is 3.62. The molecule has 0 saturated carbocycles. The topological polar surface area (TPSA) is 0 Å². The first-order chi connectivity index (χ1) is 4.61. The zero-order valence-electron chi connectivity index (χ0n) is 6.89. The molecule has 0 saturated heterocycles. The molecule has 0 aromatic heterocycles. The summed E-state index contributed by atoms with van der Waals surface area (Å²) in [6.07, 6.45) is 0. The third-order valence-electron chi connectivity index (χ3n) is 1.64. The van der Waals surface area contributed by atoms with Crippen LogP contribution in [0, 0.1) is 0 Å². The van der Waals surface area contributed by atoms with Gasteiger partial charge in [0.2, 0.25) is 0 Å². The average Bonchev–Trinajstić information content (AvgIpc) is 1.88. The average molecular weight is 195 g/mol. The van der Waals surface area contributed by atoms with Gasteiger partial charge < -0.3 is 0 Å².